The molecule has 0 atom stereocenters. The van der Waals surface area contributed by atoms with E-state index < -0.39 is 0 Å². The van der Waals surface area contributed by atoms with Crippen LogP contribution in [0.2, 0.25) is 0 Å². The van der Waals surface area contributed by atoms with Gasteiger partial charge in [-0.15, -0.1) is 0 Å². The van der Waals surface area contributed by atoms with E-state index in [4.69, 9.17) is 0 Å². The molecule has 0 saturated carbocycles. The topological polar surface area (TPSA) is 37.8 Å². The van der Waals surface area contributed by atoms with Crippen molar-refractivity contribution in [2.45, 2.75) is 26.3 Å². The van der Waals surface area contributed by atoms with Gasteiger partial charge in [-0.1, -0.05) is 19.1 Å². The average Bonchev–Trinajstić information content (AvgIpc) is 2.41. The molecule has 0 aliphatic rings. The molecule has 0 bridgehead atoms. The maximum atomic E-state index is 13.1. The molecule has 100 valence electrons. The fraction of sp³-hybridized carbons (Fsp3) is 0.333. The molecule has 0 amide bonds. The molecule has 1 N–H and O–H groups in total. The molecule has 2 rings (SSSR count). The highest BCUT2D eigenvalue weighted by Crippen LogP contribution is 2.08. The zero-order chi connectivity index (χ0) is 13.5. The molecular weight excluding hydrogens is 241 g/mol. The Morgan fingerprint density at radius 2 is 1.95 bits per heavy atom. The number of benzene rings is 1. The van der Waals surface area contributed by atoms with Crippen molar-refractivity contribution in [2.24, 2.45) is 0 Å². The summed E-state index contributed by atoms with van der Waals surface area (Å²) in [6, 6.07) is 6.53. The van der Waals surface area contributed by atoms with E-state index in [-0.39, 0.29) is 5.82 Å². The van der Waals surface area contributed by atoms with Gasteiger partial charge in [0.1, 0.15) is 11.6 Å². The molecule has 0 unspecified atom stereocenters. The number of hydrogen-bond donors (Lipinski definition) is 1. The molecule has 0 saturated heterocycles. The van der Waals surface area contributed by atoms with Gasteiger partial charge in [-0.25, -0.2) is 14.4 Å². The maximum Gasteiger partial charge on any atom is 0.132 e. The molecule has 0 spiro atoms. The Labute approximate surface area is 112 Å². The minimum Gasteiger partial charge on any atom is -0.313 e. The third kappa shape index (κ3) is 4.41. The normalized spacial score (nSPS) is 10.6. The summed E-state index contributed by atoms with van der Waals surface area (Å²) in [6.07, 6.45) is 5.31. The monoisotopic (exact) mass is 259 g/mol. The molecule has 1 aromatic heterocycles. The first kappa shape index (κ1) is 13.6. The Hall–Kier alpha value is -1.81. The van der Waals surface area contributed by atoms with Crippen molar-refractivity contribution in [3.63, 3.8) is 0 Å². The fourth-order valence-corrected chi connectivity index (χ4v) is 1.80. The van der Waals surface area contributed by atoms with Crippen LogP contribution in [0.25, 0.3) is 0 Å². The number of rotatable bonds is 6. The SMILES string of the molecule is CCCNCc1cnc(Cc2cccc(F)c2)nc1. The Morgan fingerprint density at radius 1 is 1.16 bits per heavy atom. The van der Waals surface area contributed by atoms with Crippen LogP contribution in [0.4, 0.5) is 4.39 Å². The van der Waals surface area contributed by atoms with E-state index in [1.165, 1.54) is 12.1 Å². The maximum absolute atomic E-state index is 13.1. The number of nitrogens with zero attached hydrogens (tertiary/aromatic N) is 2. The summed E-state index contributed by atoms with van der Waals surface area (Å²) in [6.45, 7) is 3.91. The van der Waals surface area contributed by atoms with Gasteiger partial charge in [0.15, 0.2) is 0 Å². The second kappa shape index (κ2) is 6.95. The van der Waals surface area contributed by atoms with Gasteiger partial charge < -0.3 is 5.32 Å². The van der Waals surface area contributed by atoms with Crippen LogP contribution in [-0.4, -0.2) is 16.5 Å². The minimum atomic E-state index is -0.224. The second-order valence-electron chi connectivity index (χ2n) is 4.49. The van der Waals surface area contributed by atoms with Crippen molar-refractivity contribution >= 4 is 0 Å². The van der Waals surface area contributed by atoms with Crippen LogP contribution in [0.3, 0.4) is 0 Å². The predicted octanol–water partition coefficient (Wildman–Crippen LogP) is 2.71. The Bertz CT molecular complexity index is 511. The Balaban J connectivity index is 1.95. The van der Waals surface area contributed by atoms with Crippen molar-refractivity contribution < 1.29 is 4.39 Å². The van der Waals surface area contributed by atoms with Gasteiger partial charge in [0, 0.05) is 30.9 Å². The summed E-state index contributed by atoms with van der Waals surface area (Å²) >= 11 is 0. The van der Waals surface area contributed by atoms with Crippen LogP contribution in [0.15, 0.2) is 36.7 Å². The highest BCUT2D eigenvalue weighted by Gasteiger charge is 2.01. The van der Waals surface area contributed by atoms with E-state index in [9.17, 15) is 4.39 Å². The Kier molecular flexibility index (Phi) is 4.98. The van der Waals surface area contributed by atoms with E-state index in [1.807, 2.05) is 18.5 Å². The van der Waals surface area contributed by atoms with Gasteiger partial charge >= 0.3 is 0 Å². The number of hydrogen-bond acceptors (Lipinski definition) is 3. The predicted molar refractivity (Wildman–Crippen MR) is 73.2 cm³/mol. The number of halogens is 1. The van der Waals surface area contributed by atoms with Gasteiger partial charge in [0.25, 0.3) is 0 Å². The van der Waals surface area contributed by atoms with Crippen molar-refractivity contribution in [1.82, 2.24) is 15.3 Å². The lowest BCUT2D eigenvalue weighted by atomic mass is 10.1. The highest BCUT2D eigenvalue weighted by atomic mass is 19.1. The average molecular weight is 259 g/mol. The molecule has 0 aliphatic heterocycles. The molecule has 0 radical (unpaired) electrons. The van der Waals surface area contributed by atoms with Gasteiger partial charge in [0.2, 0.25) is 0 Å². The zero-order valence-electron chi connectivity index (χ0n) is 11.1. The van der Waals surface area contributed by atoms with Gasteiger partial charge in [-0.05, 0) is 30.7 Å². The lowest BCUT2D eigenvalue weighted by molar-refractivity contribution is 0.625. The van der Waals surface area contributed by atoms with Crippen LogP contribution in [-0.2, 0) is 13.0 Å². The molecule has 1 aromatic carbocycles. The minimum absolute atomic E-state index is 0.224. The molecule has 4 heteroatoms. The van der Waals surface area contributed by atoms with E-state index in [0.29, 0.717) is 12.2 Å². The first-order valence-corrected chi connectivity index (χ1v) is 6.53. The summed E-state index contributed by atoms with van der Waals surface area (Å²) in [5, 5.41) is 3.30. The number of aromatic nitrogens is 2. The van der Waals surface area contributed by atoms with Crippen molar-refractivity contribution in [2.75, 3.05) is 6.54 Å². The van der Waals surface area contributed by atoms with Crippen molar-refractivity contribution in [3.8, 4) is 0 Å². The lowest BCUT2D eigenvalue weighted by Gasteiger charge is -2.04. The van der Waals surface area contributed by atoms with Crippen LogP contribution >= 0.6 is 0 Å². The molecule has 2 aromatic rings. The molecule has 0 fully saturated rings. The largest absolute Gasteiger partial charge is 0.313 e. The Morgan fingerprint density at radius 3 is 2.63 bits per heavy atom. The van der Waals surface area contributed by atoms with E-state index in [1.54, 1.807) is 6.07 Å². The molecular formula is C15H18FN3. The smallest absolute Gasteiger partial charge is 0.132 e. The van der Waals surface area contributed by atoms with E-state index >= 15 is 0 Å². The third-order valence-electron chi connectivity index (χ3n) is 2.77. The summed E-state index contributed by atoms with van der Waals surface area (Å²) in [5.41, 5.74) is 1.95. The lowest BCUT2D eigenvalue weighted by Crippen LogP contribution is -2.14. The quantitative estimate of drug-likeness (QED) is 0.811. The van der Waals surface area contributed by atoms with Crippen LogP contribution in [0.5, 0.6) is 0 Å². The fourth-order valence-electron chi connectivity index (χ4n) is 1.80. The zero-order valence-corrected chi connectivity index (χ0v) is 11.1. The van der Waals surface area contributed by atoms with Gasteiger partial charge in [-0.2, -0.15) is 0 Å². The summed E-state index contributed by atoms with van der Waals surface area (Å²) in [7, 11) is 0. The number of nitrogens with one attached hydrogen (secondary N) is 1. The third-order valence-corrected chi connectivity index (χ3v) is 2.77. The van der Waals surface area contributed by atoms with Crippen LogP contribution in [0.1, 0.15) is 30.3 Å². The van der Waals surface area contributed by atoms with Gasteiger partial charge in [-0.3, -0.25) is 0 Å². The van der Waals surface area contributed by atoms with Crippen LogP contribution in [0, 0.1) is 5.82 Å². The summed E-state index contributed by atoms with van der Waals surface area (Å²) in [4.78, 5) is 8.62. The first-order chi connectivity index (χ1) is 9.28. The first-order valence-electron chi connectivity index (χ1n) is 6.53. The standard InChI is InChI=1S/C15H18FN3/c1-2-6-17-9-13-10-18-15(19-11-13)8-12-4-3-5-14(16)7-12/h3-5,7,10-11,17H,2,6,8-9H2,1H3. The van der Waals surface area contributed by atoms with Crippen molar-refractivity contribution in [1.29, 1.82) is 0 Å². The van der Waals surface area contributed by atoms with Crippen molar-refractivity contribution in [3.05, 3.63) is 59.4 Å². The van der Waals surface area contributed by atoms with E-state index in [2.05, 4.69) is 22.2 Å². The summed E-state index contributed by atoms with van der Waals surface area (Å²) in [5.74, 6) is 0.489. The van der Waals surface area contributed by atoms with Crippen LogP contribution < -0.4 is 5.32 Å². The molecule has 3 nitrogen and oxygen atoms in total. The van der Waals surface area contributed by atoms with Gasteiger partial charge in [0.05, 0.1) is 0 Å². The molecule has 1 heterocycles. The molecule has 19 heavy (non-hydrogen) atoms. The highest BCUT2D eigenvalue weighted by molar-refractivity contribution is 5.20. The molecule has 0 aliphatic carbocycles. The summed E-state index contributed by atoms with van der Waals surface area (Å²) < 4.78 is 13.1. The van der Waals surface area contributed by atoms with E-state index in [0.717, 1.165) is 30.6 Å². The second-order valence-corrected chi connectivity index (χ2v) is 4.49.